The lowest BCUT2D eigenvalue weighted by molar-refractivity contribution is -0.143. The summed E-state index contributed by atoms with van der Waals surface area (Å²) in [6, 6.07) is 7.75. The number of hydrogen-bond acceptors (Lipinski definition) is 8. The summed E-state index contributed by atoms with van der Waals surface area (Å²) in [4.78, 5) is 76.3. The zero-order valence-corrected chi connectivity index (χ0v) is 26.5. The summed E-state index contributed by atoms with van der Waals surface area (Å²) in [5, 5.41) is 20.4. The van der Waals surface area contributed by atoms with Crippen LogP contribution in [-0.4, -0.2) is 91.2 Å². The molecule has 14 heteroatoms. The average Bonchev–Trinajstić information content (AvgIpc) is 3.02. The van der Waals surface area contributed by atoms with Crippen LogP contribution in [0.4, 0.5) is 4.79 Å². The van der Waals surface area contributed by atoms with Gasteiger partial charge in [-0.15, -0.1) is 13.2 Å². The van der Waals surface area contributed by atoms with Gasteiger partial charge in [0, 0.05) is 6.42 Å². The van der Waals surface area contributed by atoms with Crippen LogP contribution in [0.2, 0.25) is 0 Å². The highest BCUT2D eigenvalue weighted by atomic mass is 16.5. The first-order chi connectivity index (χ1) is 22.4. The predicted molar refractivity (Wildman–Crippen MR) is 174 cm³/mol. The van der Waals surface area contributed by atoms with E-state index >= 15 is 0 Å². The van der Waals surface area contributed by atoms with Crippen molar-refractivity contribution in [2.45, 2.75) is 50.9 Å². The number of fused-ring (bicyclic) bond motifs is 1. The maximum atomic E-state index is 13.3. The minimum atomic E-state index is -1.54. The number of ether oxygens (including phenoxy) is 2. The molecule has 0 radical (unpaired) electrons. The second kappa shape index (κ2) is 19.4. The van der Waals surface area contributed by atoms with E-state index in [4.69, 9.17) is 20.3 Å². The lowest BCUT2D eigenvalue weighted by atomic mass is 10.0. The highest BCUT2D eigenvalue weighted by molar-refractivity contribution is 6.39. The van der Waals surface area contributed by atoms with Crippen molar-refractivity contribution in [2.24, 2.45) is 11.7 Å². The number of benzene rings is 2. The predicted octanol–water partition coefficient (Wildman–Crippen LogP) is 0.979. The standard InChI is InChI=1S/C33H43N5O9/c1-5-13-46-18-26(36-30(41)25(15-20(3)4)38-33(44)45)28(39)32(43)37-27(19-47-14-6-2)31(42)35-24(29(34)40)17-21-11-12-22-9-7-8-10-23(22)16-21/h5-12,16,20,24-27,38H,1-2,13-15,17-19H2,3-4H3,(H2,34,40)(H,35,42)(H,36,41)(H,37,43)(H,44,45). The van der Waals surface area contributed by atoms with Crippen LogP contribution in [0.5, 0.6) is 0 Å². The van der Waals surface area contributed by atoms with E-state index in [-0.39, 0.29) is 32.0 Å². The second-order valence-electron chi connectivity index (χ2n) is 11.1. The number of carbonyl (C=O) groups excluding carboxylic acids is 5. The Morgan fingerprint density at radius 2 is 1.36 bits per heavy atom. The Morgan fingerprint density at radius 1 is 0.787 bits per heavy atom. The maximum Gasteiger partial charge on any atom is 0.405 e. The minimum Gasteiger partial charge on any atom is -0.465 e. The van der Waals surface area contributed by atoms with E-state index in [1.54, 1.807) is 19.9 Å². The first-order valence-electron chi connectivity index (χ1n) is 14.9. The van der Waals surface area contributed by atoms with Crippen molar-refractivity contribution < 1.29 is 43.3 Å². The van der Waals surface area contributed by atoms with Crippen molar-refractivity contribution in [2.75, 3.05) is 26.4 Å². The summed E-state index contributed by atoms with van der Waals surface area (Å²) in [7, 11) is 0. The van der Waals surface area contributed by atoms with Gasteiger partial charge in [0.05, 0.1) is 26.4 Å². The SMILES string of the molecule is C=CCOCC(NC(=O)C(=O)C(COCC=C)NC(=O)C(CC(C)C)NC(=O)O)C(=O)NC(Cc1ccc2ccccc2c1)C(N)=O. The van der Waals surface area contributed by atoms with Gasteiger partial charge in [-0.3, -0.25) is 24.0 Å². The van der Waals surface area contributed by atoms with E-state index < -0.39 is 72.9 Å². The highest BCUT2D eigenvalue weighted by Gasteiger charge is 2.34. The third kappa shape index (κ3) is 13.0. The van der Waals surface area contributed by atoms with Crippen LogP contribution < -0.4 is 27.0 Å². The minimum absolute atomic E-state index is 0.00578. The van der Waals surface area contributed by atoms with Gasteiger partial charge in [-0.2, -0.15) is 0 Å². The summed E-state index contributed by atoms with van der Waals surface area (Å²) < 4.78 is 10.7. The van der Waals surface area contributed by atoms with Gasteiger partial charge in [-0.25, -0.2) is 4.79 Å². The smallest absolute Gasteiger partial charge is 0.405 e. The molecular weight excluding hydrogens is 610 g/mol. The molecule has 5 amide bonds. The van der Waals surface area contributed by atoms with Gasteiger partial charge in [0.2, 0.25) is 23.5 Å². The van der Waals surface area contributed by atoms with E-state index in [2.05, 4.69) is 34.4 Å². The molecule has 0 saturated heterocycles. The van der Waals surface area contributed by atoms with Crippen LogP contribution in [0.1, 0.15) is 25.8 Å². The number of nitrogens with one attached hydrogen (secondary N) is 4. The van der Waals surface area contributed by atoms with Crippen LogP contribution >= 0.6 is 0 Å². The lowest BCUT2D eigenvalue weighted by Crippen LogP contribution is -2.59. The molecule has 47 heavy (non-hydrogen) atoms. The van der Waals surface area contributed by atoms with Crippen molar-refractivity contribution in [1.82, 2.24) is 21.3 Å². The van der Waals surface area contributed by atoms with E-state index in [1.807, 2.05) is 36.4 Å². The van der Waals surface area contributed by atoms with Gasteiger partial charge in [0.1, 0.15) is 24.2 Å². The molecule has 14 nitrogen and oxygen atoms in total. The third-order valence-electron chi connectivity index (χ3n) is 6.75. The third-order valence-corrected chi connectivity index (χ3v) is 6.75. The number of primary amides is 1. The Labute approximate surface area is 273 Å². The Balaban J connectivity index is 2.23. The van der Waals surface area contributed by atoms with Crippen molar-refractivity contribution in [3.63, 3.8) is 0 Å². The molecule has 4 atom stereocenters. The monoisotopic (exact) mass is 653 g/mol. The number of carbonyl (C=O) groups is 6. The summed E-state index contributed by atoms with van der Waals surface area (Å²) in [6.07, 6.45) is 1.52. The first kappa shape index (κ1) is 38.1. The zero-order chi connectivity index (χ0) is 34.9. The van der Waals surface area contributed by atoms with E-state index in [0.29, 0.717) is 0 Å². The number of Topliss-reactive ketones (excluding diaryl/α,β-unsaturated/α-hetero) is 1. The van der Waals surface area contributed by atoms with Crippen LogP contribution in [-0.2, 0) is 39.9 Å². The molecule has 0 saturated carbocycles. The molecule has 2 rings (SSSR count). The van der Waals surface area contributed by atoms with Crippen molar-refractivity contribution in [3.05, 3.63) is 73.3 Å². The van der Waals surface area contributed by atoms with Crippen molar-refractivity contribution in [3.8, 4) is 0 Å². The normalized spacial score (nSPS) is 13.4. The van der Waals surface area contributed by atoms with Gasteiger partial charge in [-0.05, 0) is 28.7 Å². The molecule has 2 aromatic carbocycles. The van der Waals surface area contributed by atoms with Crippen LogP contribution in [0.3, 0.4) is 0 Å². The molecule has 2 aromatic rings. The second-order valence-corrected chi connectivity index (χ2v) is 11.1. The number of hydrogen-bond donors (Lipinski definition) is 6. The Hall–Kier alpha value is -5.08. The number of rotatable bonds is 21. The molecule has 0 aliphatic rings. The van der Waals surface area contributed by atoms with Crippen LogP contribution in [0, 0.1) is 5.92 Å². The van der Waals surface area contributed by atoms with Crippen LogP contribution in [0.25, 0.3) is 10.8 Å². The average molecular weight is 654 g/mol. The maximum absolute atomic E-state index is 13.3. The van der Waals surface area contributed by atoms with Crippen molar-refractivity contribution in [1.29, 1.82) is 0 Å². The molecule has 4 unspecified atom stereocenters. The van der Waals surface area contributed by atoms with E-state index in [9.17, 15) is 28.8 Å². The molecule has 0 heterocycles. The summed E-state index contributed by atoms with van der Waals surface area (Å²) in [5.41, 5.74) is 6.32. The number of amides is 5. The molecule has 0 aliphatic heterocycles. The quantitative estimate of drug-likeness (QED) is 0.0642. The Bertz CT molecular complexity index is 1440. The summed E-state index contributed by atoms with van der Waals surface area (Å²) >= 11 is 0. The first-order valence-corrected chi connectivity index (χ1v) is 14.9. The molecule has 7 N–H and O–H groups in total. The molecular formula is C33H43N5O9. The Morgan fingerprint density at radius 3 is 1.94 bits per heavy atom. The number of nitrogens with two attached hydrogens (primary N) is 1. The van der Waals surface area contributed by atoms with E-state index in [0.717, 1.165) is 16.3 Å². The number of ketones is 1. The van der Waals surface area contributed by atoms with Gasteiger partial charge in [0.25, 0.3) is 5.91 Å². The van der Waals surface area contributed by atoms with Gasteiger partial charge in [-0.1, -0.05) is 68.5 Å². The van der Waals surface area contributed by atoms with E-state index in [1.165, 1.54) is 12.2 Å². The summed E-state index contributed by atoms with van der Waals surface area (Å²) in [6.45, 7) is 9.73. The molecule has 254 valence electrons. The van der Waals surface area contributed by atoms with Gasteiger partial charge >= 0.3 is 6.09 Å². The topological polar surface area (TPSA) is 215 Å². The highest BCUT2D eigenvalue weighted by Crippen LogP contribution is 2.17. The van der Waals surface area contributed by atoms with Crippen LogP contribution in [0.15, 0.2) is 67.8 Å². The fourth-order valence-corrected chi connectivity index (χ4v) is 4.51. The largest absolute Gasteiger partial charge is 0.465 e. The fourth-order valence-electron chi connectivity index (χ4n) is 4.51. The molecule has 0 bridgehead atoms. The Kier molecular flexibility index (Phi) is 15.8. The zero-order valence-electron chi connectivity index (χ0n) is 26.5. The molecule has 0 aromatic heterocycles. The molecule has 0 aliphatic carbocycles. The number of carboxylic acid groups (broad SMARTS) is 1. The molecule has 0 fully saturated rings. The molecule has 0 spiro atoms. The van der Waals surface area contributed by atoms with Gasteiger partial charge in [0.15, 0.2) is 0 Å². The fraction of sp³-hybridized carbons (Fsp3) is 0.394. The van der Waals surface area contributed by atoms with Crippen molar-refractivity contribution >= 4 is 46.3 Å². The van der Waals surface area contributed by atoms with Gasteiger partial charge < -0.3 is 41.6 Å². The lowest BCUT2D eigenvalue weighted by Gasteiger charge is -2.24. The summed E-state index contributed by atoms with van der Waals surface area (Å²) in [5.74, 6) is -5.07.